The maximum absolute atomic E-state index is 6.18. The highest BCUT2D eigenvalue weighted by atomic mass is 35.5. The Hall–Kier alpha value is -1.71. The quantitative estimate of drug-likeness (QED) is 0.744. The highest BCUT2D eigenvalue weighted by molar-refractivity contribution is 6.32. The van der Waals surface area contributed by atoms with Crippen LogP contribution in [-0.4, -0.2) is 20.3 Å². The van der Waals surface area contributed by atoms with Crippen LogP contribution in [0.15, 0.2) is 42.5 Å². The second-order valence-corrected chi connectivity index (χ2v) is 5.38. The molecule has 1 N–H and O–H groups in total. The first-order chi connectivity index (χ1) is 10.7. The molecule has 0 aliphatic rings. The summed E-state index contributed by atoms with van der Waals surface area (Å²) >= 11 is 6.18. The predicted molar refractivity (Wildman–Crippen MR) is 91.0 cm³/mol. The van der Waals surface area contributed by atoms with Crippen LogP contribution in [0.5, 0.6) is 11.5 Å². The van der Waals surface area contributed by atoms with Crippen molar-refractivity contribution in [2.75, 3.05) is 20.3 Å². The molecule has 0 fully saturated rings. The fraction of sp³-hybridized carbons (Fsp3) is 0.333. The Balaban J connectivity index is 1.77. The molecule has 0 saturated heterocycles. The highest BCUT2D eigenvalue weighted by Gasteiger charge is 2.02. The molecule has 2 aromatic rings. The van der Waals surface area contributed by atoms with E-state index in [0.29, 0.717) is 11.6 Å². The van der Waals surface area contributed by atoms with E-state index in [-0.39, 0.29) is 0 Å². The van der Waals surface area contributed by atoms with E-state index in [0.717, 1.165) is 36.6 Å². The zero-order valence-electron chi connectivity index (χ0n) is 13.1. The summed E-state index contributed by atoms with van der Waals surface area (Å²) in [5, 5.41) is 4.09. The number of ether oxygens (including phenoxy) is 2. The molecule has 0 bridgehead atoms. The van der Waals surface area contributed by atoms with Gasteiger partial charge in [-0.2, -0.15) is 0 Å². The molecule has 0 heterocycles. The van der Waals surface area contributed by atoms with Crippen LogP contribution >= 0.6 is 11.6 Å². The Bertz CT molecular complexity index is 584. The predicted octanol–water partition coefficient (Wildman–Crippen LogP) is 4.08. The van der Waals surface area contributed by atoms with Crippen LogP contribution in [0.25, 0.3) is 0 Å². The van der Waals surface area contributed by atoms with Crippen LogP contribution in [-0.2, 0) is 13.0 Å². The summed E-state index contributed by atoms with van der Waals surface area (Å²) in [5.41, 5.74) is 2.45. The van der Waals surface area contributed by atoms with Gasteiger partial charge in [0.05, 0.1) is 18.7 Å². The van der Waals surface area contributed by atoms with Gasteiger partial charge in [0.2, 0.25) is 0 Å². The Morgan fingerprint density at radius 2 is 1.77 bits per heavy atom. The fourth-order valence-electron chi connectivity index (χ4n) is 2.18. The van der Waals surface area contributed by atoms with Gasteiger partial charge in [-0.15, -0.1) is 0 Å². The van der Waals surface area contributed by atoms with E-state index in [1.54, 1.807) is 7.11 Å². The average molecular weight is 320 g/mol. The summed E-state index contributed by atoms with van der Waals surface area (Å²) in [6.07, 6.45) is 0.981. The molecule has 2 rings (SSSR count). The summed E-state index contributed by atoms with van der Waals surface area (Å²) in [7, 11) is 1.68. The summed E-state index contributed by atoms with van der Waals surface area (Å²) in [6.45, 7) is 4.28. The monoisotopic (exact) mass is 319 g/mol. The summed E-state index contributed by atoms with van der Waals surface area (Å²) in [4.78, 5) is 0. The maximum Gasteiger partial charge on any atom is 0.137 e. The second kappa shape index (κ2) is 8.66. The molecule has 4 heteroatoms. The summed E-state index contributed by atoms with van der Waals surface area (Å²) in [5.74, 6) is 1.63. The normalized spacial score (nSPS) is 10.5. The van der Waals surface area contributed by atoms with E-state index in [1.807, 2.05) is 37.3 Å². The minimum Gasteiger partial charge on any atom is -0.497 e. The van der Waals surface area contributed by atoms with Gasteiger partial charge in [-0.1, -0.05) is 29.8 Å². The molecule has 0 aliphatic heterocycles. The second-order valence-electron chi connectivity index (χ2n) is 4.97. The molecule has 22 heavy (non-hydrogen) atoms. The third-order valence-corrected chi connectivity index (χ3v) is 3.67. The van der Waals surface area contributed by atoms with Crippen molar-refractivity contribution in [2.45, 2.75) is 19.9 Å². The summed E-state index contributed by atoms with van der Waals surface area (Å²) < 4.78 is 10.6. The van der Waals surface area contributed by atoms with Crippen molar-refractivity contribution < 1.29 is 9.47 Å². The molecule has 2 aromatic carbocycles. The topological polar surface area (TPSA) is 30.5 Å². The first-order valence-electron chi connectivity index (χ1n) is 7.47. The molecule has 0 atom stereocenters. The van der Waals surface area contributed by atoms with Crippen LogP contribution in [0.4, 0.5) is 0 Å². The molecular weight excluding hydrogens is 298 g/mol. The van der Waals surface area contributed by atoms with E-state index in [4.69, 9.17) is 21.1 Å². The number of benzene rings is 2. The zero-order chi connectivity index (χ0) is 15.8. The van der Waals surface area contributed by atoms with Crippen molar-refractivity contribution >= 4 is 11.6 Å². The highest BCUT2D eigenvalue weighted by Crippen LogP contribution is 2.25. The van der Waals surface area contributed by atoms with E-state index in [2.05, 4.69) is 17.4 Å². The minimum atomic E-state index is 0.624. The number of hydrogen-bond acceptors (Lipinski definition) is 3. The standard InChI is InChI=1S/C18H22ClNO2/c1-3-22-18-9-6-15(12-17(18)19)13-20-11-10-14-4-7-16(21-2)8-5-14/h4-9,12,20H,3,10-11,13H2,1-2H3. The van der Waals surface area contributed by atoms with E-state index >= 15 is 0 Å². The summed E-state index contributed by atoms with van der Waals surface area (Å²) in [6, 6.07) is 14.1. The van der Waals surface area contributed by atoms with Crippen LogP contribution in [0.1, 0.15) is 18.1 Å². The number of methoxy groups -OCH3 is 1. The average Bonchev–Trinajstić information content (AvgIpc) is 2.55. The molecule has 118 valence electrons. The lowest BCUT2D eigenvalue weighted by Crippen LogP contribution is -2.16. The Morgan fingerprint density at radius 3 is 2.41 bits per heavy atom. The van der Waals surface area contributed by atoms with Crippen molar-refractivity contribution in [2.24, 2.45) is 0 Å². The van der Waals surface area contributed by atoms with Gasteiger partial charge in [-0.3, -0.25) is 0 Å². The molecule has 0 amide bonds. The van der Waals surface area contributed by atoms with Crippen molar-refractivity contribution in [3.05, 3.63) is 58.6 Å². The number of hydrogen-bond donors (Lipinski definition) is 1. The molecule has 0 radical (unpaired) electrons. The third-order valence-electron chi connectivity index (χ3n) is 3.37. The van der Waals surface area contributed by atoms with Crippen molar-refractivity contribution in [3.8, 4) is 11.5 Å². The Labute approximate surface area is 137 Å². The van der Waals surface area contributed by atoms with Gasteiger partial charge in [0.25, 0.3) is 0 Å². The largest absolute Gasteiger partial charge is 0.497 e. The van der Waals surface area contributed by atoms with Crippen molar-refractivity contribution in [1.82, 2.24) is 5.32 Å². The molecule has 0 aliphatic carbocycles. The molecule has 0 spiro atoms. The Morgan fingerprint density at radius 1 is 1.05 bits per heavy atom. The first-order valence-corrected chi connectivity index (χ1v) is 7.85. The van der Waals surface area contributed by atoms with Gasteiger partial charge in [0.1, 0.15) is 11.5 Å². The number of rotatable bonds is 8. The Kier molecular flexibility index (Phi) is 6.56. The number of halogens is 1. The van der Waals surface area contributed by atoms with Gasteiger partial charge in [-0.05, 0) is 55.3 Å². The van der Waals surface area contributed by atoms with E-state index in [9.17, 15) is 0 Å². The third kappa shape index (κ3) is 4.93. The molecular formula is C18H22ClNO2. The molecule has 0 aromatic heterocycles. The first kappa shape index (κ1) is 16.7. The maximum atomic E-state index is 6.18. The lowest BCUT2D eigenvalue weighted by molar-refractivity contribution is 0.340. The lowest BCUT2D eigenvalue weighted by Gasteiger charge is -2.09. The van der Waals surface area contributed by atoms with Crippen molar-refractivity contribution in [1.29, 1.82) is 0 Å². The van der Waals surface area contributed by atoms with Crippen LogP contribution < -0.4 is 14.8 Å². The van der Waals surface area contributed by atoms with Gasteiger partial charge in [0, 0.05) is 6.54 Å². The van der Waals surface area contributed by atoms with Gasteiger partial charge in [0.15, 0.2) is 0 Å². The van der Waals surface area contributed by atoms with Crippen molar-refractivity contribution in [3.63, 3.8) is 0 Å². The molecule has 3 nitrogen and oxygen atoms in total. The van der Waals surface area contributed by atoms with Gasteiger partial charge < -0.3 is 14.8 Å². The SMILES string of the molecule is CCOc1ccc(CNCCc2ccc(OC)cc2)cc1Cl. The minimum absolute atomic E-state index is 0.624. The fourth-order valence-corrected chi connectivity index (χ4v) is 2.44. The molecule has 0 saturated carbocycles. The van der Waals surface area contributed by atoms with Gasteiger partial charge >= 0.3 is 0 Å². The smallest absolute Gasteiger partial charge is 0.137 e. The number of nitrogens with one attached hydrogen (secondary N) is 1. The van der Waals surface area contributed by atoms with Crippen LogP contribution in [0.3, 0.4) is 0 Å². The van der Waals surface area contributed by atoms with E-state index < -0.39 is 0 Å². The lowest BCUT2D eigenvalue weighted by atomic mass is 10.1. The van der Waals surface area contributed by atoms with Gasteiger partial charge in [-0.25, -0.2) is 0 Å². The van der Waals surface area contributed by atoms with Crippen LogP contribution in [0.2, 0.25) is 5.02 Å². The zero-order valence-corrected chi connectivity index (χ0v) is 13.8. The van der Waals surface area contributed by atoms with Crippen LogP contribution in [0, 0.1) is 0 Å². The van der Waals surface area contributed by atoms with E-state index in [1.165, 1.54) is 5.56 Å². The molecule has 0 unspecified atom stereocenters.